The second-order valence-electron chi connectivity index (χ2n) is 6.76. The van der Waals surface area contributed by atoms with Gasteiger partial charge in [0.2, 0.25) is 0 Å². The Morgan fingerprint density at radius 1 is 1.08 bits per heavy atom. The topological polar surface area (TPSA) is 66.4 Å². The van der Waals surface area contributed by atoms with Gasteiger partial charge in [0.1, 0.15) is 0 Å². The van der Waals surface area contributed by atoms with E-state index in [2.05, 4.69) is 17.5 Å². The van der Waals surface area contributed by atoms with Crippen molar-refractivity contribution >= 4 is 17.4 Å². The summed E-state index contributed by atoms with van der Waals surface area (Å²) >= 11 is 0. The molecule has 0 bridgehead atoms. The molecular weight excluding hydrogens is 314 g/mol. The molecule has 25 heavy (non-hydrogen) atoms. The minimum Gasteiger partial charge on any atom is -0.478 e. The molecule has 0 fully saturated rings. The molecule has 1 aliphatic heterocycles. The van der Waals surface area contributed by atoms with Gasteiger partial charge < -0.3 is 10.4 Å². The Balaban J connectivity index is 1.72. The van der Waals surface area contributed by atoms with E-state index in [1.54, 1.807) is 19.1 Å². The Kier molecular flexibility index (Phi) is 3.68. The van der Waals surface area contributed by atoms with Crippen molar-refractivity contribution in [2.75, 3.05) is 5.32 Å². The molecule has 2 aromatic carbocycles. The molecule has 0 aromatic heterocycles. The van der Waals surface area contributed by atoms with Crippen LogP contribution in [-0.4, -0.2) is 16.9 Å². The minimum atomic E-state index is -0.911. The van der Waals surface area contributed by atoms with Crippen molar-refractivity contribution in [1.82, 2.24) is 0 Å². The fourth-order valence-electron chi connectivity index (χ4n) is 3.98. The smallest absolute Gasteiger partial charge is 0.335 e. The van der Waals surface area contributed by atoms with Crippen LogP contribution in [-0.2, 0) is 0 Å². The molecule has 0 radical (unpaired) electrons. The molecule has 0 saturated carbocycles. The average Bonchev–Trinajstić information content (AvgIpc) is 3.10. The number of nitrogens with one attached hydrogen (secondary N) is 1. The van der Waals surface area contributed by atoms with Crippen LogP contribution in [0.3, 0.4) is 0 Å². The standard InChI is InChI=1S/C21H19NO3/c1-12(23)15-9-10-19-18(11-15)16-3-2-4-17(16)20(22-19)13-5-7-14(8-6-13)21(24)25/h2-3,5-11,16-17,20,22H,4H2,1H3,(H,24,25). The highest BCUT2D eigenvalue weighted by Crippen LogP contribution is 2.49. The highest BCUT2D eigenvalue weighted by Gasteiger charge is 2.38. The van der Waals surface area contributed by atoms with Gasteiger partial charge in [-0.1, -0.05) is 24.3 Å². The lowest BCUT2D eigenvalue weighted by Gasteiger charge is -2.37. The first-order valence-corrected chi connectivity index (χ1v) is 8.46. The van der Waals surface area contributed by atoms with Crippen LogP contribution >= 0.6 is 0 Å². The number of carboxylic acid groups (broad SMARTS) is 1. The molecule has 2 aliphatic rings. The third kappa shape index (κ3) is 2.64. The summed E-state index contributed by atoms with van der Waals surface area (Å²) in [5.41, 5.74) is 4.34. The van der Waals surface area contributed by atoms with Crippen LogP contribution < -0.4 is 5.32 Å². The Morgan fingerprint density at radius 3 is 2.48 bits per heavy atom. The van der Waals surface area contributed by atoms with E-state index >= 15 is 0 Å². The number of carboxylic acids is 1. The van der Waals surface area contributed by atoms with Gasteiger partial charge in [0, 0.05) is 17.2 Å². The Bertz CT molecular complexity index is 883. The molecule has 0 spiro atoms. The molecule has 0 amide bonds. The van der Waals surface area contributed by atoms with Gasteiger partial charge in [0.15, 0.2) is 5.78 Å². The molecule has 2 N–H and O–H groups in total. The zero-order valence-corrected chi connectivity index (χ0v) is 13.9. The highest BCUT2D eigenvalue weighted by atomic mass is 16.4. The molecule has 4 nitrogen and oxygen atoms in total. The Morgan fingerprint density at radius 2 is 1.80 bits per heavy atom. The van der Waals surface area contributed by atoms with Crippen molar-refractivity contribution < 1.29 is 14.7 Å². The van der Waals surface area contributed by atoms with E-state index in [1.807, 2.05) is 30.3 Å². The summed E-state index contributed by atoms with van der Waals surface area (Å²) in [5.74, 6) is -0.191. The first-order chi connectivity index (χ1) is 12.0. The largest absolute Gasteiger partial charge is 0.478 e. The number of carbonyl (C=O) groups excluding carboxylic acids is 1. The first-order valence-electron chi connectivity index (χ1n) is 8.46. The molecule has 4 rings (SSSR count). The quantitative estimate of drug-likeness (QED) is 0.645. The van der Waals surface area contributed by atoms with Gasteiger partial charge >= 0.3 is 5.97 Å². The maximum atomic E-state index is 11.7. The second-order valence-corrected chi connectivity index (χ2v) is 6.76. The van der Waals surface area contributed by atoms with Crippen molar-refractivity contribution in [2.24, 2.45) is 5.92 Å². The lowest BCUT2D eigenvalue weighted by atomic mass is 9.76. The first kappa shape index (κ1) is 15.6. The van der Waals surface area contributed by atoms with E-state index in [-0.39, 0.29) is 17.7 Å². The average molecular weight is 333 g/mol. The summed E-state index contributed by atoms with van der Waals surface area (Å²) in [6.07, 6.45) is 5.39. The van der Waals surface area contributed by atoms with Crippen LogP contribution in [0, 0.1) is 5.92 Å². The minimum absolute atomic E-state index is 0.0766. The van der Waals surface area contributed by atoms with Crippen LogP contribution in [0.4, 0.5) is 5.69 Å². The Labute approximate surface area is 146 Å². The van der Waals surface area contributed by atoms with Crippen molar-refractivity contribution in [3.63, 3.8) is 0 Å². The second kappa shape index (κ2) is 5.88. The molecule has 0 saturated heterocycles. The number of carbonyl (C=O) groups is 2. The highest BCUT2D eigenvalue weighted by molar-refractivity contribution is 5.95. The normalized spacial score (nSPS) is 23.5. The predicted molar refractivity (Wildman–Crippen MR) is 96.2 cm³/mol. The molecule has 126 valence electrons. The summed E-state index contributed by atoms with van der Waals surface area (Å²) in [7, 11) is 0. The molecule has 2 aromatic rings. The van der Waals surface area contributed by atoms with Gasteiger partial charge in [-0.25, -0.2) is 4.79 Å². The van der Waals surface area contributed by atoms with E-state index < -0.39 is 5.97 Å². The van der Waals surface area contributed by atoms with Gasteiger partial charge in [-0.15, -0.1) is 0 Å². The number of Topliss-reactive ketones (excluding diaryl/α,β-unsaturated/α-hetero) is 1. The molecule has 1 aliphatic carbocycles. The third-order valence-electron chi connectivity index (χ3n) is 5.29. The van der Waals surface area contributed by atoms with Gasteiger partial charge in [0.05, 0.1) is 11.6 Å². The number of benzene rings is 2. The Hall–Kier alpha value is -2.88. The molecule has 3 atom stereocenters. The lowest BCUT2D eigenvalue weighted by Crippen LogP contribution is -2.29. The zero-order chi connectivity index (χ0) is 17.6. The molecule has 1 heterocycles. The zero-order valence-electron chi connectivity index (χ0n) is 13.9. The summed E-state index contributed by atoms with van der Waals surface area (Å²) in [4.78, 5) is 22.8. The molecule has 4 heteroatoms. The van der Waals surface area contributed by atoms with Crippen molar-refractivity contribution in [3.8, 4) is 0 Å². The summed E-state index contributed by atoms with van der Waals surface area (Å²) in [6.45, 7) is 1.59. The van der Waals surface area contributed by atoms with Crippen molar-refractivity contribution in [3.05, 3.63) is 76.9 Å². The van der Waals surface area contributed by atoms with E-state index in [0.29, 0.717) is 11.5 Å². The lowest BCUT2D eigenvalue weighted by molar-refractivity contribution is 0.0696. The van der Waals surface area contributed by atoms with E-state index in [1.165, 1.54) is 5.56 Å². The summed E-state index contributed by atoms with van der Waals surface area (Å²) in [5, 5.41) is 12.7. The number of anilines is 1. The van der Waals surface area contributed by atoms with Crippen LogP contribution in [0.5, 0.6) is 0 Å². The molecule has 3 unspecified atom stereocenters. The summed E-state index contributed by atoms with van der Waals surface area (Å²) in [6, 6.07) is 13.1. The number of ketones is 1. The van der Waals surface area contributed by atoms with E-state index in [0.717, 1.165) is 23.2 Å². The SMILES string of the molecule is CC(=O)c1ccc2c(c1)C1C=CCC1C(c1ccc(C(=O)O)cc1)N2. The van der Waals surface area contributed by atoms with E-state index in [4.69, 9.17) is 5.11 Å². The number of fused-ring (bicyclic) bond motifs is 3. The number of aromatic carboxylic acids is 1. The van der Waals surface area contributed by atoms with Crippen LogP contribution in [0.25, 0.3) is 0 Å². The van der Waals surface area contributed by atoms with Crippen molar-refractivity contribution in [1.29, 1.82) is 0 Å². The monoisotopic (exact) mass is 333 g/mol. The number of hydrogen-bond donors (Lipinski definition) is 2. The van der Waals surface area contributed by atoms with E-state index in [9.17, 15) is 9.59 Å². The van der Waals surface area contributed by atoms with Crippen molar-refractivity contribution in [2.45, 2.75) is 25.3 Å². The van der Waals surface area contributed by atoms with Crippen LogP contribution in [0.1, 0.15) is 57.1 Å². The van der Waals surface area contributed by atoms with Gasteiger partial charge in [-0.05, 0) is 60.7 Å². The molecular formula is C21H19NO3. The third-order valence-corrected chi connectivity index (χ3v) is 5.29. The van der Waals surface area contributed by atoms with Gasteiger partial charge in [0.25, 0.3) is 0 Å². The number of hydrogen-bond acceptors (Lipinski definition) is 3. The maximum Gasteiger partial charge on any atom is 0.335 e. The summed E-state index contributed by atoms with van der Waals surface area (Å²) < 4.78 is 0. The predicted octanol–water partition coefficient (Wildman–Crippen LogP) is 4.41. The van der Waals surface area contributed by atoms with Gasteiger partial charge in [-0.3, -0.25) is 4.79 Å². The number of allylic oxidation sites excluding steroid dienone is 2. The fraction of sp³-hybridized carbons (Fsp3) is 0.238. The van der Waals surface area contributed by atoms with Crippen LogP contribution in [0.15, 0.2) is 54.6 Å². The van der Waals surface area contributed by atoms with Crippen LogP contribution in [0.2, 0.25) is 0 Å². The number of rotatable bonds is 3. The fourth-order valence-corrected chi connectivity index (χ4v) is 3.98. The van der Waals surface area contributed by atoms with Gasteiger partial charge in [-0.2, -0.15) is 0 Å². The maximum absolute atomic E-state index is 11.7.